The number of carboxylic acids is 1. The Labute approximate surface area is 144 Å². The van der Waals surface area contributed by atoms with Crippen LogP contribution in [0, 0.1) is 5.92 Å². The fraction of sp³-hybridized carbons (Fsp3) is 0.588. The molecular formula is C17H28N2O4S. The number of benzene rings is 1. The molecular weight excluding hydrogens is 328 g/mol. The van der Waals surface area contributed by atoms with E-state index in [2.05, 4.69) is 23.9 Å². The molecule has 1 atom stereocenters. The van der Waals surface area contributed by atoms with Gasteiger partial charge >= 0.3 is 5.97 Å². The van der Waals surface area contributed by atoms with Gasteiger partial charge in [0, 0.05) is 12.6 Å². The van der Waals surface area contributed by atoms with Gasteiger partial charge in [0.05, 0.1) is 11.3 Å². The molecule has 0 aromatic heterocycles. The van der Waals surface area contributed by atoms with E-state index in [1.807, 2.05) is 6.92 Å². The van der Waals surface area contributed by atoms with Gasteiger partial charge < -0.3 is 10.4 Å². The molecule has 1 unspecified atom stereocenters. The quantitative estimate of drug-likeness (QED) is 0.598. The molecule has 6 nitrogen and oxygen atoms in total. The molecule has 0 spiro atoms. The van der Waals surface area contributed by atoms with Crippen LogP contribution in [0.25, 0.3) is 0 Å². The van der Waals surface area contributed by atoms with E-state index in [1.165, 1.54) is 18.2 Å². The maximum atomic E-state index is 12.7. The van der Waals surface area contributed by atoms with Crippen LogP contribution >= 0.6 is 0 Å². The molecule has 0 radical (unpaired) electrons. The average Bonchev–Trinajstić information content (AvgIpc) is 2.46. The van der Waals surface area contributed by atoms with Crippen LogP contribution in [0.4, 0.5) is 5.69 Å². The molecule has 0 fully saturated rings. The minimum atomic E-state index is -3.79. The molecule has 0 saturated carbocycles. The normalized spacial score (nSPS) is 13.0. The van der Waals surface area contributed by atoms with Crippen LogP contribution in [0.1, 0.15) is 57.3 Å². The van der Waals surface area contributed by atoms with Gasteiger partial charge in [-0.1, -0.05) is 27.2 Å². The van der Waals surface area contributed by atoms with Crippen molar-refractivity contribution in [2.24, 2.45) is 5.92 Å². The van der Waals surface area contributed by atoms with E-state index in [0.717, 1.165) is 12.8 Å². The number of rotatable bonds is 10. The zero-order chi connectivity index (χ0) is 18.3. The first-order valence-corrected chi connectivity index (χ1v) is 9.79. The third-order valence-electron chi connectivity index (χ3n) is 3.63. The van der Waals surface area contributed by atoms with Crippen molar-refractivity contribution in [1.82, 2.24) is 4.72 Å². The second kappa shape index (κ2) is 9.03. The van der Waals surface area contributed by atoms with Crippen molar-refractivity contribution in [3.05, 3.63) is 23.8 Å². The van der Waals surface area contributed by atoms with E-state index in [0.29, 0.717) is 24.6 Å². The standard InChI is InChI=1S/C17H28N2O4S/c1-5-6-13(4)19-24(22,23)16-11-14(17(20)21)7-8-15(16)18-10-9-12(2)3/h7-8,11-13,18-19H,5-6,9-10H2,1-4H3,(H,20,21). The number of hydrogen-bond acceptors (Lipinski definition) is 4. The lowest BCUT2D eigenvalue weighted by Gasteiger charge is -2.17. The van der Waals surface area contributed by atoms with Crippen molar-refractivity contribution in [2.75, 3.05) is 11.9 Å². The van der Waals surface area contributed by atoms with E-state index in [4.69, 9.17) is 5.11 Å². The average molecular weight is 356 g/mol. The molecule has 0 aliphatic heterocycles. The summed E-state index contributed by atoms with van der Waals surface area (Å²) < 4.78 is 28.0. The third-order valence-corrected chi connectivity index (χ3v) is 5.26. The van der Waals surface area contributed by atoms with Crippen LogP contribution in [0.2, 0.25) is 0 Å². The van der Waals surface area contributed by atoms with Gasteiger partial charge in [-0.3, -0.25) is 0 Å². The molecule has 136 valence electrons. The van der Waals surface area contributed by atoms with Gasteiger partial charge in [-0.25, -0.2) is 17.9 Å². The number of carbonyl (C=O) groups is 1. The number of aromatic carboxylic acids is 1. The molecule has 0 bridgehead atoms. The molecule has 0 amide bonds. The van der Waals surface area contributed by atoms with E-state index in [9.17, 15) is 13.2 Å². The van der Waals surface area contributed by atoms with Crippen molar-refractivity contribution in [3.63, 3.8) is 0 Å². The minimum Gasteiger partial charge on any atom is -0.478 e. The van der Waals surface area contributed by atoms with Crippen molar-refractivity contribution in [1.29, 1.82) is 0 Å². The van der Waals surface area contributed by atoms with Crippen LogP contribution in [0.5, 0.6) is 0 Å². The van der Waals surface area contributed by atoms with Gasteiger partial charge in [0.2, 0.25) is 10.0 Å². The Kier molecular flexibility index (Phi) is 7.69. The van der Waals surface area contributed by atoms with Gasteiger partial charge in [-0.15, -0.1) is 0 Å². The first-order valence-electron chi connectivity index (χ1n) is 8.31. The summed E-state index contributed by atoms with van der Waals surface area (Å²) in [6, 6.07) is 3.93. The second-order valence-corrected chi connectivity index (χ2v) is 8.12. The summed E-state index contributed by atoms with van der Waals surface area (Å²) in [5.41, 5.74) is 0.379. The van der Waals surface area contributed by atoms with Crippen molar-refractivity contribution in [3.8, 4) is 0 Å². The summed E-state index contributed by atoms with van der Waals surface area (Å²) in [5, 5.41) is 12.3. The molecule has 0 saturated heterocycles. The Morgan fingerprint density at radius 3 is 2.42 bits per heavy atom. The minimum absolute atomic E-state index is 0.0193. The maximum absolute atomic E-state index is 12.7. The number of sulfonamides is 1. The number of anilines is 1. The predicted octanol–water partition coefficient (Wildman–Crippen LogP) is 3.31. The first-order chi connectivity index (χ1) is 11.2. The fourth-order valence-corrected chi connectivity index (χ4v) is 3.83. The zero-order valence-electron chi connectivity index (χ0n) is 14.8. The molecule has 0 aliphatic carbocycles. The Balaban J connectivity index is 3.14. The highest BCUT2D eigenvalue weighted by Crippen LogP contribution is 2.24. The summed E-state index contributed by atoms with van der Waals surface area (Å²) >= 11 is 0. The number of carboxylic acid groups (broad SMARTS) is 1. The monoisotopic (exact) mass is 356 g/mol. The Bertz CT molecular complexity index is 657. The van der Waals surface area contributed by atoms with Crippen LogP contribution in [-0.2, 0) is 10.0 Å². The fourth-order valence-electron chi connectivity index (χ4n) is 2.34. The smallest absolute Gasteiger partial charge is 0.335 e. The van der Waals surface area contributed by atoms with Crippen molar-refractivity contribution >= 4 is 21.7 Å². The van der Waals surface area contributed by atoms with Gasteiger partial charge in [-0.05, 0) is 43.9 Å². The lowest BCUT2D eigenvalue weighted by molar-refractivity contribution is 0.0696. The van der Waals surface area contributed by atoms with E-state index < -0.39 is 16.0 Å². The topological polar surface area (TPSA) is 95.5 Å². The first kappa shape index (κ1) is 20.4. The summed E-state index contributed by atoms with van der Waals surface area (Å²) in [7, 11) is -3.79. The van der Waals surface area contributed by atoms with E-state index in [-0.39, 0.29) is 16.5 Å². The van der Waals surface area contributed by atoms with Gasteiger partial charge in [0.25, 0.3) is 0 Å². The Morgan fingerprint density at radius 1 is 1.21 bits per heavy atom. The largest absolute Gasteiger partial charge is 0.478 e. The van der Waals surface area contributed by atoms with Crippen molar-refractivity contribution in [2.45, 2.75) is 57.9 Å². The van der Waals surface area contributed by atoms with Crippen LogP contribution in [-0.4, -0.2) is 32.1 Å². The van der Waals surface area contributed by atoms with E-state index in [1.54, 1.807) is 6.92 Å². The highest BCUT2D eigenvalue weighted by atomic mass is 32.2. The molecule has 24 heavy (non-hydrogen) atoms. The zero-order valence-corrected chi connectivity index (χ0v) is 15.6. The summed E-state index contributed by atoms with van der Waals surface area (Å²) in [5.74, 6) is -0.666. The van der Waals surface area contributed by atoms with E-state index >= 15 is 0 Å². The SMILES string of the molecule is CCCC(C)NS(=O)(=O)c1cc(C(=O)O)ccc1NCCC(C)C. The van der Waals surface area contributed by atoms with Gasteiger partial charge in [0.15, 0.2) is 0 Å². The molecule has 1 rings (SSSR count). The summed E-state index contributed by atoms with van der Waals surface area (Å²) in [6.45, 7) is 8.57. The third kappa shape index (κ3) is 6.13. The van der Waals surface area contributed by atoms with Crippen LogP contribution < -0.4 is 10.0 Å². The second-order valence-electron chi connectivity index (χ2n) is 6.44. The molecule has 1 aromatic carbocycles. The predicted molar refractivity (Wildman–Crippen MR) is 96.0 cm³/mol. The van der Waals surface area contributed by atoms with Gasteiger partial charge in [-0.2, -0.15) is 0 Å². The van der Waals surface area contributed by atoms with Gasteiger partial charge in [0.1, 0.15) is 4.90 Å². The molecule has 1 aromatic rings. The molecule has 0 heterocycles. The Morgan fingerprint density at radius 2 is 1.88 bits per heavy atom. The lowest BCUT2D eigenvalue weighted by atomic mass is 10.1. The Hall–Kier alpha value is -1.60. The molecule has 3 N–H and O–H groups in total. The maximum Gasteiger partial charge on any atom is 0.335 e. The highest BCUT2D eigenvalue weighted by molar-refractivity contribution is 7.89. The summed E-state index contributed by atoms with van der Waals surface area (Å²) in [6.07, 6.45) is 2.46. The van der Waals surface area contributed by atoms with Crippen LogP contribution in [0.15, 0.2) is 23.1 Å². The van der Waals surface area contributed by atoms with Crippen LogP contribution in [0.3, 0.4) is 0 Å². The number of hydrogen-bond donors (Lipinski definition) is 3. The van der Waals surface area contributed by atoms with Crippen molar-refractivity contribution < 1.29 is 18.3 Å². The number of nitrogens with one attached hydrogen (secondary N) is 2. The molecule has 7 heteroatoms. The molecule has 0 aliphatic rings. The highest BCUT2D eigenvalue weighted by Gasteiger charge is 2.22. The summed E-state index contributed by atoms with van der Waals surface area (Å²) in [4.78, 5) is 11.2. The lowest BCUT2D eigenvalue weighted by Crippen LogP contribution is -2.33.